The van der Waals surface area contributed by atoms with Crippen molar-refractivity contribution in [1.82, 2.24) is 24.1 Å². The molecule has 0 saturated heterocycles. The fraction of sp³-hybridized carbons (Fsp3) is 0.364. The van der Waals surface area contributed by atoms with E-state index in [0.29, 0.717) is 11.5 Å². The largest absolute Gasteiger partial charge is 0.340 e. The molecule has 0 atom stereocenters. The predicted octanol–water partition coefficient (Wildman–Crippen LogP) is 3.11. The lowest BCUT2D eigenvalue weighted by Gasteiger charge is -2.26. The van der Waals surface area contributed by atoms with E-state index in [2.05, 4.69) is 55.7 Å². The van der Waals surface area contributed by atoms with Gasteiger partial charge in [-0.15, -0.1) is 5.10 Å². The maximum Gasteiger partial charge on any atom is 0.275 e. The van der Waals surface area contributed by atoms with Crippen LogP contribution < -0.4 is 10.5 Å². The van der Waals surface area contributed by atoms with Crippen molar-refractivity contribution in [2.75, 3.05) is 11.4 Å². The van der Waals surface area contributed by atoms with Gasteiger partial charge >= 0.3 is 0 Å². The molecule has 1 aliphatic heterocycles. The maximum atomic E-state index is 12.4. The van der Waals surface area contributed by atoms with Crippen molar-refractivity contribution in [3.63, 3.8) is 0 Å². The highest BCUT2D eigenvalue weighted by molar-refractivity contribution is 7.20. The maximum absolute atomic E-state index is 12.4. The number of hydrogen-bond donors (Lipinski definition) is 0. The second-order valence-electron chi connectivity index (χ2n) is 7.65. The van der Waals surface area contributed by atoms with Crippen LogP contribution in [0.1, 0.15) is 36.0 Å². The number of aromatic nitrogens is 5. The molecule has 0 radical (unpaired) electrons. The molecule has 0 unspecified atom stereocenters. The molecule has 0 N–H and O–H groups in total. The Morgan fingerprint density at radius 3 is 2.87 bits per heavy atom. The summed E-state index contributed by atoms with van der Waals surface area (Å²) in [6.07, 6.45) is 5.66. The minimum Gasteiger partial charge on any atom is -0.340 e. The van der Waals surface area contributed by atoms with Crippen LogP contribution in [0.15, 0.2) is 47.5 Å². The van der Waals surface area contributed by atoms with Crippen LogP contribution in [-0.4, -0.2) is 30.7 Å². The molecule has 0 amide bonds. The van der Waals surface area contributed by atoms with Gasteiger partial charge in [0, 0.05) is 37.0 Å². The molecule has 7 nitrogen and oxygen atoms in total. The number of aryl methyl sites for hydroxylation is 3. The quantitative estimate of drug-likeness (QED) is 0.479. The highest BCUT2D eigenvalue weighted by Gasteiger charge is 2.24. The van der Waals surface area contributed by atoms with Crippen LogP contribution in [0.4, 0.5) is 5.13 Å². The Balaban J connectivity index is 1.34. The summed E-state index contributed by atoms with van der Waals surface area (Å²) in [7, 11) is 0. The fourth-order valence-corrected chi connectivity index (χ4v) is 4.93. The number of nitrogens with zero attached hydrogens (tertiary/aromatic N) is 6. The Hall–Kier alpha value is -3.00. The first-order valence-corrected chi connectivity index (χ1v) is 11.2. The zero-order valence-electron chi connectivity index (χ0n) is 17.0. The smallest absolute Gasteiger partial charge is 0.275 e. The molecule has 30 heavy (non-hydrogen) atoms. The molecular weight excluding hydrogens is 396 g/mol. The monoisotopic (exact) mass is 420 g/mol. The van der Waals surface area contributed by atoms with E-state index in [0.717, 1.165) is 55.3 Å². The molecule has 1 aliphatic rings. The molecule has 0 aliphatic carbocycles. The van der Waals surface area contributed by atoms with Gasteiger partial charge in [-0.2, -0.15) is 4.52 Å². The molecule has 0 fully saturated rings. The molecule has 0 saturated carbocycles. The van der Waals surface area contributed by atoms with Gasteiger partial charge in [0.2, 0.25) is 10.1 Å². The van der Waals surface area contributed by atoms with Gasteiger partial charge in [-0.3, -0.25) is 4.79 Å². The number of rotatable bonds is 6. The van der Waals surface area contributed by atoms with E-state index in [-0.39, 0.29) is 5.56 Å². The topological polar surface area (TPSA) is 68.3 Å². The van der Waals surface area contributed by atoms with Gasteiger partial charge in [0.15, 0.2) is 0 Å². The third kappa shape index (κ3) is 3.63. The summed E-state index contributed by atoms with van der Waals surface area (Å²) in [4.78, 5) is 24.5. The number of imidazole rings is 1. The first-order chi connectivity index (χ1) is 14.7. The Kier molecular flexibility index (Phi) is 5.08. The summed E-state index contributed by atoms with van der Waals surface area (Å²) < 4.78 is 3.70. The molecular formula is C22H24N6OS. The third-order valence-electron chi connectivity index (χ3n) is 5.54. The average molecular weight is 421 g/mol. The van der Waals surface area contributed by atoms with E-state index in [1.807, 2.05) is 12.4 Å². The summed E-state index contributed by atoms with van der Waals surface area (Å²) in [5.74, 6) is 0. The van der Waals surface area contributed by atoms with Crippen molar-refractivity contribution in [2.24, 2.45) is 0 Å². The van der Waals surface area contributed by atoms with Gasteiger partial charge in [-0.25, -0.2) is 9.97 Å². The van der Waals surface area contributed by atoms with Crippen LogP contribution in [0.5, 0.6) is 0 Å². The third-order valence-corrected chi connectivity index (χ3v) is 6.51. The Labute approximate surface area is 178 Å². The van der Waals surface area contributed by atoms with E-state index in [1.54, 1.807) is 6.07 Å². The number of fused-ring (bicyclic) bond motifs is 2. The summed E-state index contributed by atoms with van der Waals surface area (Å²) >= 11 is 1.48. The van der Waals surface area contributed by atoms with Crippen LogP contribution in [0.3, 0.4) is 0 Å². The molecule has 0 spiro atoms. The highest BCUT2D eigenvalue weighted by atomic mass is 32.1. The van der Waals surface area contributed by atoms with Gasteiger partial charge < -0.3 is 9.47 Å². The van der Waals surface area contributed by atoms with Crippen molar-refractivity contribution in [3.8, 4) is 0 Å². The summed E-state index contributed by atoms with van der Waals surface area (Å²) in [5, 5.41) is 5.38. The van der Waals surface area contributed by atoms with E-state index in [9.17, 15) is 4.79 Å². The van der Waals surface area contributed by atoms with Crippen LogP contribution in [-0.2, 0) is 32.4 Å². The lowest BCUT2D eigenvalue weighted by Crippen LogP contribution is -2.31. The van der Waals surface area contributed by atoms with Crippen molar-refractivity contribution in [1.29, 1.82) is 0 Å². The van der Waals surface area contributed by atoms with Crippen LogP contribution >= 0.6 is 11.3 Å². The van der Waals surface area contributed by atoms with Crippen molar-refractivity contribution < 1.29 is 0 Å². The normalized spacial score (nSPS) is 13.7. The van der Waals surface area contributed by atoms with E-state index >= 15 is 0 Å². The first-order valence-electron chi connectivity index (χ1n) is 10.4. The Morgan fingerprint density at radius 1 is 1.17 bits per heavy atom. The second-order valence-corrected chi connectivity index (χ2v) is 8.59. The number of anilines is 1. The predicted molar refractivity (Wildman–Crippen MR) is 118 cm³/mol. The molecule has 154 valence electrons. The van der Waals surface area contributed by atoms with E-state index in [1.165, 1.54) is 27.1 Å². The summed E-state index contributed by atoms with van der Waals surface area (Å²) in [6.45, 7) is 4.60. The lowest BCUT2D eigenvalue weighted by atomic mass is 10.1. The zero-order chi connectivity index (χ0) is 20.5. The Morgan fingerprint density at radius 2 is 2.03 bits per heavy atom. The molecule has 5 rings (SSSR count). The molecule has 3 aromatic heterocycles. The van der Waals surface area contributed by atoms with E-state index in [4.69, 9.17) is 0 Å². The van der Waals surface area contributed by atoms with E-state index < -0.39 is 0 Å². The van der Waals surface area contributed by atoms with Crippen LogP contribution in [0.2, 0.25) is 0 Å². The highest BCUT2D eigenvalue weighted by Crippen LogP contribution is 2.27. The minimum atomic E-state index is -0.103. The van der Waals surface area contributed by atoms with Crippen molar-refractivity contribution >= 4 is 21.4 Å². The molecule has 8 heteroatoms. The molecule has 0 bridgehead atoms. The van der Waals surface area contributed by atoms with Gasteiger partial charge in [0.1, 0.15) is 0 Å². The number of hydrogen-bond acceptors (Lipinski definition) is 6. The zero-order valence-corrected chi connectivity index (χ0v) is 17.8. The van der Waals surface area contributed by atoms with Crippen LogP contribution in [0.25, 0.3) is 4.96 Å². The van der Waals surface area contributed by atoms with Gasteiger partial charge in [0.05, 0.1) is 18.6 Å². The fourth-order valence-electron chi connectivity index (χ4n) is 3.98. The minimum absolute atomic E-state index is 0.103. The molecule has 4 heterocycles. The standard InChI is InChI=1S/C22H24N6OS/c1-2-6-17-13-20(29)28-21(24-17)30-22(25-28)26-12-10-19-18(14-26)23-15-27(19)11-9-16-7-4-3-5-8-16/h3-5,7-8,13,15H,2,6,9-12,14H2,1H3. The van der Waals surface area contributed by atoms with Crippen molar-refractivity contribution in [3.05, 3.63) is 75.7 Å². The average Bonchev–Trinajstić information content (AvgIpc) is 3.37. The Bertz CT molecular complexity index is 1230. The van der Waals surface area contributed by atoms with Gasteiger partial charge in [0.25, 0.3) is 5.56 Å². The van der Waals surface area contributed by atoms with Crippen LogP contribution in [0, 0.1) is 0 Å². The summed E-state index contributed by atoms with van der Waals surface area (Å²) in [5.41, 5.74) is 4.49. The first kappa shape index (κ1) is 19.0. The summed E-state index contributed by atoms with van der Waals surface area (Å²) in [6, 6.07) is 12.1. The lowest BCUT2D eigenvalue weighted by molar-refractivity contribution is 0.622. The molecule has 4 aromatic rings. The second kappa shape index (κ2) is 8.02. The van der Waals surface area contributed by atoms with Gasteiger partial charge in [-0.1, -0.05) is 55.0 Å². The molecule has 1 aromatic carbocycles. The van der Waals surface area contributed by atoms with Gasteiger partial charge in [-0.05, 0) is 18.4 Å². The SMILES string of the molecule is CCCc1cc(=O)n2nc(N3CCc4c(ncn4CCc4ccccc4)C3)sc2n1. The number of benzene rings is 1. The van der Waals surface area contributed by atoms with Crippen molar-refractivity contribution in [2.45, 2.75) is 45.7 Å².